The third kappa shape index (κ3) is 2.79. The zero-order valence-corrected chi connectivity index (χ0v) is 9.67. The van der Waals surface area contributed by atoms with Crippen molar-refractivity contribution in [1.29, 1.82) is 0 Å². The van der Waals surface area contributed by atoms with Crippen LogP contribution in [-0.2, 0) is 0 Å². The van der Waals surface area contributed by atoms with Crippen molar-refractivity contribution in [2.45, 2.75) is 0 Å². The molecule has 0 saturated carbocycles. The molecule has 1 aromatic rings. The van der Waals surface area contributed by atoms with E-state index in [1.165, 1.54) is 0 Å². The van der Waals surface area contributed by atoms with Crippen molar-refractivity contribution >= 4 is 27.3 Å². The largest absolute Gasteiger partial charge is 0.0623 e. The first kappa shape index (κ1) is 7.14. The van der Waals surface area contributed by atoms with Crippen LogP contribution in [0.3, 0.4) is 0 Å². The molecule has 0 unspecified atom stereocenters. The van der Waals surface area contributed by atoms with E-state index in [2.05, 4.69) is 0 Å². The van der Waals surface area contributed by atoms with Gasteiger partial charge in [-0.05, 0) is 0 Å². The molecule has 1 aromatic carbocycles. The van der Waals surface area contributed by atoms with Crippen LogP contribution in [0.1, 0.15) is 0 Å². The van der Waals surface area contributed by atoms with Crippen LogP contribution in [0, 0.1) is 0 Å². The fraction of sp³-hybridized carbons (Fsp3) is 0. The summed E-state index contributed by atoms with van der Waals surface area (Å²) in [5.41, 5.74) is 0. The van der Waals surface area contributed by atoms with Crippen molar-refractivity contribution in [3.63, 3.8) is 0 Å². The Morgan fingerprint density at radius 3 is 0.714 bits per heavy atom. The second-order valence-corrected chi connectivity index (χ2v) is 1.15. The molecule has 2 radical (unpaired) electrons. The molecule has 0 spiro atoms. The third-order valence-electron chi connectivity index (χ3n) is 0.667. The Hall–Kier alpha value is 0.142. The molecule has 36 valence electrons. The Kier molecular flexibility index (Phi) is 4.39. The van der Waals surface area contributed by atoms with E-state index in [4.69, 9.17) is 0 Å². The van der Waals surface area contributed by atoms with Gasteiger partial charge in [0.05, 0.1) is 0 Å². The summed E-state index contributed by atoms with van der Waals surface area (Å²) in [6.07, 6.45) is 0. The Balaban J connectivity index is 0.000000360. The predicted octanol–water partition coefficient (Wildman–Crippen LogP) is 0.770. The molecule has 0 N–H and O–H groups in total. The van der Waals surface area contributed by atoms with Gasteiger partial charge in [-0.25, -0.2) is 0 Å². The molecule has 0 amide bonds. The average Bonchev–Trinajstić information content (AvgIpc) is 1.72. The van der Waals surface area contributed by atoms with Gasteiger partial charge in [-0.1, -0.05) is 36.4 Å². The van der Waals surface area contributed by atoms with Gasteiger partial charge in [0.25, 0.3) is 0 Å². The van der Waals surface area contributed by atoms with E-state index in [1.54, 1.807) is 0 Å². The molecule has 0 bridgehead atoms. The molecule has 0 saturated heterocycles. The molecule has 0 aliphatic heterocycles. The van der Waals surface area contributed by atoms with Gasteiger partial charge in [0.2, 0.25) is 0 Å². The summed E-state index contributed by atoms with van der Waals surface area (Å²) in [5.74, 6) is 0. The average molecular weight is 287 g/mol. The van der Waals surface area contributed by atoms with Crippen LogP contribution in [-0.4, -0.2) is 27.3 Å². The Bertz CT molecular complexity index is 76.1. The maximum absolute atomic E-state index is 2.00. The van der Waals surface area contributed by atoms with E-state index in [0.29, 0.717) is 0 Å². The molecule has 0 aliphatic carbocycles. The van der Waals surface area contributed by atoms with E-state index >= 15 is 0 Å². The SMILES string of the molecule is [PbH2].c1ccccc1. The van der Waals surface area contributed by atoms with Crippen molar-refractivity contribution in [2.75, 3.05) is 0 Å². The van der Waals surface area contributed by atoms with Crippen LogP contribution in [0.2, 0.25) is 0 Å². The fourth-order valence-electron chi connectivity index (χ4n) is 0.385. The van der Waals surface area contributed by atoms with Gasteiger partial charge in [-0.3, -0.25) is 0 Å². The smallest absolute Gasteiger partial charge is 0.0623 e. The number of rotatable bonds is 0. The standard InChI is InChI=1S/C6H6.Pb.2H/c1-2-4-6-5-3-1;;;/h1-6H;;;. The van der Waals surface area contributed by atoms with Gasteiger partial charge >= 0.3 is 27.3 Å². The summed E-state index contributed by atoms with van der Waals surface area (Å²) < 4.78 is 0. The monoisotopic (exact) mass is 288 g/mol. The molecule has 1 heteroatoms. The second kappa shape index (κ2) is 4.30. The maximum Gasteiger partial charge on any atom is -0.0623 e. The van der Waals surface area contributed by atoms with Gasteiger partial charge in [0.1, 0.15) is 0 Å². The second-order valence-electron chi connectivity index (χ2n) is 1.15. The molecule has 7 heavy (non-hydrogen) atoms. The topological polar surface area (TPSA) is 0 Å². The van der Waals surface area contributed by atoms with E-state index < -0.39 is 0 Å². The molecule has 0 fully saturated rings. The summed E-state index contributed by atoms with van der Waals surface area (Å²) in [5, 5.41) is 0. The number of hydrogen-bond donors (Lipinski definition) is 0. The summed E-state index contributed by atoms with van der Waals surface area (Å²) in [4.78, 5) is 0. The summed E-state index contributed by atoms with van der Waals surface area (Å²) >= 11 is 0. The first-order valence-electron chi connectivity index (χ1n) is 2.00. The van der Waals surface area contributed by atoms with Crippen LogP contribution in [0.15, 0.2) is 36.4 Å². The molecule has 1 rings (SSSR count). The Morgan fingerprint density at radius 1 is 0.429 bits per heavy atom. The predicted molar refractivity (Wildman–Crippen MR) is 35.0 cm³/mol. The van der Waals surface area contributed by atoms with Crippen LogP contribution in [0.5, 0.6) is 0 Å². The normalized spacial score (nSPS) is 6.86. The Labute approximate surface area is 63.7 Å². The van der Waals surface area contributed by atoms with Crippen LogP contribution < -0.4 is 0 Å². The maximum atomic E-state index is 2.00. The van der Waals surface area contributed by atoms with E-state index in [1.807, 2.05) is 36.4 Å². The van der Waals surface area contributed by atoms with E-state index in [0.717, 1.165) is 0 Å². The van der Waals surface area contributed by atoms with Crippen molar-refractivity contribution in [3.8, 4) is 0 Å². The third-order valence-corrected chi connectivity index (χ3v) is 0.667. The fourth-order valence-corrected chi connectivity index (χ4v) is 0.385. The molecule has 0 heterocycles. The van der Waals surface area contributed by atoms with Crippen LogP contribution >= 0.6 is 0 Å². The number of benzene rings is 1. The van der Waals surface area contributed by atoms with Gasteiger partial charge in [-0.2, -0.15) is 0 Å². The minimum atomic E-state index is 0. The van der Waals surface area contributed by atoms with Crippen LogP contribution in [0.25, 0.3) is 0 Å². The first-order chi connectivity index (χ1) is 3.00. The van der Waals surface area contributed by atoms with Crippen LogP contribution in [0.4, 0.5) is 0 Å². The Morgan fingerprint density at radius 2 is 0.571 bits per heavy atom. The first-order valence-corrected chi connectivity index (χ1v) is 2.00. The quantitative estimate of drug-likeness (QED) is 0.618. The molecule has 0 aromatic heterocycles. The van der Waals surface area contributed by atoms with Gasteiger partial charge in [-0.15, -0.1) is 0 Å². The van der Waals surface area contributed by atoms with Crippen molar-refractivity contribution < 1.29 is 0 Å². The molecule has 0 atom stereocenters. The van der Waals surface area contributed by atoms with E-state index in [9.17, 15) is 0 Å². The van der Waals surface area contributed by atoms with Gasteiger partial charge in [0.15, 0.2) is 0 Å². The van der Waals surface area contributed by atoms with Crippen molar-refractivity contribution in [3.05, 3.63) is 36.4 Å². The summed E-state index contributed by atoms with van der Waals surface area (Å²) in [6.45, 7) is 0. The molecule has 0 nitrogen and oxygen atoms in total. The zero-order chi connectivity index (χ0) is 4.24. The summed E-state index contributed by atoms with van der Waals surface area (Å²) in [6, 6.07) is 12.0. The van der Waals surface area contributed by atoms with Gasteiger partial charge in [0, 0.05) is 0 Å². The zero-order valence-electron chi connectivity index (χ0n) is 4.17. The van der Waals surface area contributed by atoms with E-state index in [-0.39, 0.29) is 27.3 Å². The molecule has 0 aliphatic rings. The molecular formula is C6H8Pb. The minimum Gasteiger partial charge on any atom is -0.0623 e. The van der Waals surface area contributed by atoms with Crippen molar-refractivity contribution in [2.24, 2.45) is 0 Å². The van der Waals surface area contributed by atoms with Gasteiger partial charge < -0.3 is 0 Å². The van der Waals surface area contributed by atoms with Crippen molar-refractivity contribution in [1.82, 2.24) is 0 Å². The summed E-state index contributed by atoms with van der Waals surface area (Å²) in [7, 11) is 0. The number of hydrogen-bond acceptors (Lipinski definition) is 0. The minimum absolute atomic E-state index is 0. The molecular weight excluding hydrogens is 279 g/mol.